The standard InChI is InChI=1S/C18H19NO/c20-17-11-14-7-3-4-8-16(14)18(17)19-15-9-12-5-1-2-6-13(12)10-15/h1-8,15,17-20H,9-11H2/t17-,18+/m1/s1. The molecule has 0 heterocycles. The first-order chi connectivity index (χ1) is 9.81. The molecular weight excluding hydrogens is 246 g/mol. The first kappa shape index (κ1) is 12.1. The molecule has 2 nitrogen and oxygen atoms in total. The van der Waals surface area contributed by atoms with E-state index in [1.165, 1.54) is 22.3 Å². The van der Waals surface area contributed by atoms with Gasteiger partial charge in [-0.3, -0.25) is 0 Å². The van der Waals surface area contributed by atoms with Crippen molar-refractivity contribution in [3.63, 3.8) is 0 Å². The average Bonchev–Trinajstić information content (AvgIpc) is 3.00. The van der Waals surface area contributed by atoms with Gasteiger partial charge in [0, 0.05) is 12.5 Å². The molecule has 0 bridgehead atoms. The summed E-state index contributed by atoms with van der Waals surface area (Å²) in [4.78, 5) is 0. The quantitative estimate of drug-likeness (QED) is 0.874. The van der Waals surface area contributed by atoms with Crippen molar-refractivity contribution in [3.05, 3.63) is 70.8 Å². The summed E-state index contributed by atoms with van der Waals surface area (Å²) in [5, 5.41) is 14.0. The highest BCUT2D eigenvalue weighted by atomic mass is 16.3. The zero-order valence-electron chi connectivity index (χ0n) is 11.4. The number of hydrogen-bond donors (Lipinski definition) is 2. The van der Waals surface area contributed by atoms with Crippen LogP contribution >= 0.6 is 0 Å². The molecule has 2 aromatic carbocycles. The van der Waals surface area contributed by atoms with Gasteiger partial charge in [-0.25, -0.2) is 0 Å². The van der Waals surface area contributed by atoms with Gasteiger partial charge < -0.3 is 10.4 Å². The van der Waals surface area contributed by atoms with E-state index in [0.29, 0.717) is 6.04 Å². The van der Waals surface area contributed by atoms with Crippen LogP contribution in [-0.2, 0) is 19.3 Å². The van der Waals surface area contributed by atoms with Crippen molar-refractivity contribution in [3.8, 4) is 0 Å². The summed E-state index contributed by atoms with van der Waals surface area (Å²) in [6, 6.07) is 17.6. The van der Waals surface area contributed by atoms with Gasteiger partial charge in [0.25, 0.3) is 0 Å². The van der Waals surface area contributed by atoms with Crippen molar-refractivity contribution in [1.29, 1.82) is 0 Å². The van der Waals surface area contributed by atoms with Crippen LogP contribution in [0.1, 0.15) is 28.3 Å². The van der Waals surface area contributed by atoms with Crippen LogP contribution < -0.4 is 5.32 Å². The molecule has 0 radical (unpaired) electrons. The Kier molecular flexibility index (Phi) is 2.86. The maximum Gasteiger partial charge on any atom is 0.0775 e. The summed E-state index contributed by atoms with van der Waals surface area (Å²) in [7, 11) is 0. The summed E-state index contributed by atoms with van der Waals surface area (Å²) in [6.07, 6.45) is 2.62. The van der Waals surface area contributed by atoms with Crippen LogP contribution in [0.3, 0.4) is 0 Å². The summed E-state index contributed by atoms with van der Waals surface area (Å²) < 4.78 is 0. The predicted octanol–water partition coefficient (Wildman–Crippen LogP) is 2.40. The van der Waals surface area contributed by atoms with Gasteiger partial charge in [0.2, 0.25) is 0 Å². The van der Waals surface area contributed by atoms with E-state index < -0.39 is 0 Å². The van der Waals surface area contributed by atoms with Gasteiger partial charge in [0.1, 0.15) is 0 Å². The molecule has 0 fully saturated rings. The van der Waals surface area contributed by atoms with Crippen LogP contribution in [0.5, 0.6) is 0 Å². The Morgan fingerprint density at radius 2 is 1.40 bits per heavy atom. The third-order valence-electron chi connectivity index (χ3n) is 4.67. The van der Waals surface area contributed by atoms with Crippen LogP contribution in [-0.4, -0.2) is 17.3 Å². The minimum absolute atomic E-state index is 0.0884. The lowest BCUT2D eigenvalue weighted by atomic mass is 10.1. The zero-order chi connectivity index (χ0) is 13.5. The number of hydrogen-bond acceptors (Lipinski definition) is 2. The molecular formula is C18H19NO. The van der Waals surface area contributed by atoms with Crippen molar-refractivity contribution >= 4 is 0 Å². The minimum Gasteiger partial charge on any atom is -0.391 e. The van der Waals surface area contributed by atoms with E-state index in [1.54, 1.807) is 0 Å². The molecule has 20 heavy (non-hydrogen) atoms. The molecule has 2 aromatic rings. The lowest BCUT2D eigenvalue weighted by Gasteiger charge is -2.22. The van der Waals surface area contributed by atoms with Crippen molar-refractivity contribution in [2.24, 2.45) is 0 Å². The van der Waals surface area contributed by atoms with E-state index in [0.717, 1.165) is 19.3 Å². The van der Waals surface area contributed by atoms with Gasteiger partial charge in [-0.1, -0.05) is 48.5 Å². The molecule has 0 amide bonds. The van der Waals surface area contributed by atoms with Crippen LogP contribution in [0.2, 0.25) is 0 Å². The molecule has 0 aromatic heterocycles. The highest BCUT2D eigenvalue weighted by molar-refractivity contribution is 5.38. The molecule has 2 N–H and O–H groups in total. The summed E-state index contributed by atoms with van der Waals surface area (Å²) >= 11 is 0. The third-order valence-corrected chi connectivity index (χ3v) is 4.67. The van der Waals surface area contributed by atoms with Gasteiger partial charge in [0.15, 0.2) is 0 Å². The Hall–Kier alpha value is -1.64. The van der Waals surface area contributed by atoms with Gasteiger partial charge in [-0.05, 0) is 35.1 Å². The Morgan fingerprint density at radius 1 is 0.800 bits per heavy atom. The summed E-state index contributed by atoms with van der Waals surface area (Å²) in [6.45, 7) is 0. The molecule has 2 atom stereocenters. The SMILES string of the molecule is O[C@@H]1Cc2ccccc2[C@@H]1NC1Cc2ccccc2C1. The molecule has 0 spiro atoms. The number of aliphatic hydroxyl groups excluding tert-OH is 1. The van der Waals surface area contributed by atoms with Crippen molar-refractivity contribution in [1.82, 2.24) is 5.32 Å². The molecule has 0 unspecified atom stereocenters. The smallest absolute Gasteiger partial charge is 0.0775 e. The number of benzene rings is 2. The lowest BCUT2D eigenvalue weighted by molar-refractivity contribution is 0.135. The molecule has 102 valence electrons. The van der Waals surface area contributed by atoms with E-state index in [9.17, 15) is 5.11 Å². The highest BCUT2D eigenvalue weighted by Crippen LogP contribution is 2.33. The van der Waals surface area contributed by atoms with E-state index in [1.807, 2.05) is 0 Å². The maximum absolute atomic E-state index is 10.3. The minimum atomic E-state index is -0.295. The highest BCUT2D eigenvalue weighted by Gasteiger charge is 2.33. The molecule has 2 heteroatoms. The first-order valence-corrected chi connectivity index (χ1v) is 7.40. The summed E-state index contributed by atoms with van der Waals surface area (Å²) in [5.74, 6) is 0. The number of rotatable bonds is 2. The van der Waals surface area contributed by atoms with Gasteiger partial charge in [-0.15, -0.1) is 0 Å². The fraction of sp³-hybridized carbons (Fsp3) is 0.333. The van der Waals surface area contributed by atoms with Crippen molar-refractivity contribution < 1.29 is 5.11 Å². The van der Waals surface area contributed by atoms with Gasteiger partial charge in [0.05, 0.1) is 12.1 Å². The van der Waals surface area contributed by atoms with E-state index >= 15 is 0 Å². The van der Waals surface area contributed by atoms with E-state index in [2.05, 4.69) is 53.8 Å². The Balaban J connectivity index is 1.54. The largest absolute Gasteiger partial charge is 0.391 e. The van der Waals surface area contributed by atoms with Gasteiger partial charge in [-0.2, -0.15) is 0 Å². The number of nitrogens with one attached hydrogen (secondary N) is 1. The van der Waals surface area contributed by atoms with Crippen molar-refractivity contribution in [2.75, 3.05) is 0 Å². The molecule has 2 aliphatic rings. The predicted molar refractivity (Wildman–Crippen MR) is 79.7 cm³/mol. The van der Waals surface area contributed by atoms with E-state index in [4.69, 9.17) is 0 Å². The van der Waals surface area contributed by atoms with Crippen molar-refractivity contribution in [2.45, 2.75) is 37.5 Å². The van der Waals surface area contributed by atoms with Gasteiger partial charge >= 0.3 is 0 Å². The lowest BCUT2D eigenvalue weighted by Crippen LogP contribution is -2.37. The fourth-order valence-corrected chi connectivity index (χ4v) is 3.71. The number of fused-ring (bicyclic) bond motifs is 2. The second-order valence-corrected chi connectivity index (χ2v) is 5.99. The molecule has 0 aliphatic heterocycles. The average molecular weight is 265 g/mol. The van der Waals surface area contributed by atoms with Crippen LogP contribution in [0.15, 0.2) is 48.5 Å². The first-order valence-electron chi connectivity index (χ1n) is 7.40. The Morgan fingerprint density at radius 3 is 2.10 bits per heavy atom. The topological polar surface area (TPSA) is 32.3 Å². The third kappa shape index (κ3) is 1.96. The number of aliphatic hydroxyl groups is 1. The Bertz CT molecular complexity index is 612. The summed E-state index contributed by atoms with van der Waals surface area (Å²) in [5.41, 5.74) is 5.46. The second-order valence-electron chi connectivity index (χ2n) is 5.99. The zero-order valence-corrected chi connectivity index (χ0v) is 11.4. The van der Waals surface area contributed by atoms with Crippen LogP contribution in [0.25, 0.3) is 0 Å². The maximum atomic E-state index is 10.3. The second kappa shape index (κ2) is 4.72. The molecule has 0 saturated carbocycles. The molecule has 4 rings (SSSR count). The molecule has 0 saturated heterocycles. The van der Waals surface area contributed by atoms with Crippen LogP contribution in [0.4, 0.5) is 0 Å². The monoisotopic (exact) mass is 265 g/mol. The normalized spacial score (nSPS) is 24.6. The van der Waals surface area contributed by atoms with E-state index in [-0.39, 0.29) is 12.1 Å². The van der Waals surface area contributed by atoms with Crippen LogP contribution in [0, 0.1) is 0 Å². The molecule has 2 aliphatic carbocycles. The Labute approximate surface area is 119 Å². The fourth-order valence-electron chi connectivity index (χ4n) is 3.71.